The fraction of sp³-hybridized carbons (Fsp3) is 0.526. The van der Waals surface area contributed by atoms with E-state index in [-0.39, 0.29) is 11.9 Å². The van der Waals surface area contributed by atoms with Crippen LogP contribution in [-0.2, 0) is 6.54 Å². The molecular formula is C19H24N4OS. The molecule has 2 aromatic heterocycles. The minimum Gasteiger partial charge on any atom is -0.343 e. The summed E-state index contributed by atoms with van der Waals surface area (Å²) in [6.07, 6.45) is 8.40. The van der Waals surface area contributed by atoms with Crippen LogP contribution in [0.5, 0.6) is 0 Å². The van der Waals surface area contributed by atoms with Gasteiger partial charge in [0.05, 0.1) is 24.5 Å². The van der Waals surface area contributed by atoms with E-state index >= 15 is 0 Å². The highest BCUT2D eigenvalue weighted by Gasteiger charge is 2.34. The van der Waals surface area contributed by atoms with Crippen molar-refractivity contribution in [2.24, 2.45) is 5.92 Å². The molecule has 2 aliphatic rings. The fourth-order valence-electron chi connectivity index (χ4n) is 3.43. The molecular weight excluding hydrogens is 332 g/mol. The van der Waals surface area contributed by atoms with Gasteiger partial charge in [-0.15, -0.1) is 11.3 Å². The van der Waals surface area contributed by atoms with Crippen LogP contribution in [-0.4, -0.2) is 33.9 Å². The van der Waals surface area contributed by atoms with Gasteiger partial charge in [-0.05, 0) is 69.3 Å². The van der Waals surface area contributed by atoms with E-state index < -0.39 is 0 Å². The molecule has 1 amide bonds. The Labute approximate surface area is 152 Å². The molecule has 1 aliphatic heterocycles. The first-order chi connectivity index (χ1) is 12.2. The van der Waals surface area contributed by atoms with Crippen molar-refractivity contribution in [3.63, 3.8) is 0 Å². The number of aryl methyl sites for hydroxylation is 1. The second-order valence-corrected chi connectivity index (χ2v) is 8.26. The topological polar surface area (TPSA) is 58.1 Å². The Hall–Kier alpha value is -1.79. The van der Waals surface area contributed by atoms with Crippen LogP contribution >= 0.6 is 11.3 Å². The quantitative estimate of drug-likeness (QED) is 0.862. The lowest BCUT2D eigenvalue weighted by molar-refractivity contribution is 0.0934. The number of hydrogen-bond acceptors (Lipinski definition) is 5. The van der Waals surface area contributed by atoms with Gasteiger partial charge in [-0.3, -0.25) is 14.7 Å². The minimum absolute atomic E-state index is 0.0107. The van der Waals surface area contributed by atoms with Gasteiger partial charge in [0.15, 0.2) is 0 Å². The zero-order valence-electron chi connectivity index (χ0n) is 14.6. The van der Waals surface area contributed by atoms with Crippen molar-refractivity contribution in [1.82, 2.24) is 20.2 Å². The first-order valence-electron chi connectivity index (χ1n) is 9.09. The van der Waals surface area contributed by atoms with E-state index in [2.05, 4.69) is 33.2 Å². The third kappa shape index (κ3) is 4.07. The molecule has 1 saturated carbocycles. The molecule has 5 nitrogen and oxygen atoms in total. The van der Waals surface area contributed by atoms with Crippen LogP contribution in [0.4, 0.5) is 0 Å². The standard InChI is InChI=1S/C19H24N4OS/c1-13-6-7-20-15(10-13)18(14-4-5-14)22-19(24)16-11-21-17(25-16)12-23-8-2-3-9-23/h6-7,10-11,14,18H,2-5,8-9,12H2,1H3,(H,22,24)/t18-/m0/s1. The van der Waals surface area contributed by atoms with Gasteiger partial charge in [-0.25, -0.2) is 4.98 Å². The monoisotopic (exact) mass is 356 g/mol. The molecule has 0 radical (unpaired) electrons. The summed E-state index contributed by atoms with van der Waals surface area (Å²) >= 11 is 1.52. The van der Waals surface area contributed by atoms with Gasteiger partial charge in [0, 0.05) is 6.20 Å². The van der Waals surface area contributed by atoms with Gasteiger partial charge in [0.1, 0.15) is 9.88 Å². The molecule has 2 aromatic rings. The van der Waals surface area contributed by atoms with E-state index in [0.29, 0.717) is 10.8 Å². The van der Waals surface area contributed by atoms with Crippen molar-refractivity contribution >= 4 is 17.2 Å². The number of aromatic nitrogens is 2. The molecule has 0 spiro atoms. The fourth-order valence-corrected chi connectivity index (χ4v) is 4.29. The van der Waals surface area contributed by atoms with E-state index in [1.165, 1.54) is 29.7 Å². The highest BCUT2D eigenvalue weighted by Crippen LogP contribution is 2.40. The van der Waals surface area contributed by atoms with Gasteiger partial charge in [0.25, 0.3) is 5.91 Å². The first-order valence-corrected chi connectivity index (χ1v) is 9.91. The van der Waals surface area contributed by atoms with Crippen LogP contribution < -0.4 is 5.32 Å². The van der Waals surface area contributed by atoms with Crippen LogP contribution in [0, 0.1) is 12.8 Å². The Morgan fingerprint density at radius 1 is 1.36 bits per heavy atom. The molecule has 132 valence electrons. The lowest BCUT2D eigenvalue weighted by Gasteiger charge is -2.17. The van der Waals surface area contributed by atoms with E-state index in [9.17, 15) is 4.79 Å². The van der Waals surface area contributed by atoms with E-state index in [0.717, 1.165) is 43.2 Å². The number of likely N-dealkylation sites (tertiary alicyclic amines) is 1. The van der Waals surface area contributed by atoms with Crippen LogP contribution in [0.2, 0.25) is 0 Å². The van der Waals surface area contributed by atoms with E-state index in [1.807, 2.05) is 12.3 Å². The maximum absolute atomic E-state index is 12.7. The number of rotatable bonds is 6. The summed E-state index contributed by atoms with van der Waals surface area (Å²) in [6.45, 7) is 5.21. The number of carbonyl (C=O) groups excluding carboxylic acids is 1. The maximum Gasteiger partial charge on any atom is 0.263 e. The van der Waals surface area contributed by atoms with Crippen LogP contribution in [0.1, 0.15) is 57.7 Å². The normalized spacial score (nSPS) is 19.1. The number of amides is 1. The highest BCUT2D eigenvalue weighted by atomic mass is 32.1. The molecule has 1 atom stereocenters. The van der Waals surface area contributed by atoms with Crippen LogP contribution in [0.15, 0.2) is 24.5 Å². The summed E-state index contributed by atoms with van der Waals surface area (Å²) in [5.74, 6) is 0.487. The Morgan fingerprint density at radius 2 is 2.16 bits per heavy atom. The Bertz CT molecular complexity index is 749. The third-order valence-corrected chi connectivity index (χ3v) is 5.95. The molecule has 3 heterocycles. The van der Waals surface area contributed by atoms with Gasteiger partial charge in [-0.1, -0.05) is 0 Å². The van der Waals surface area contributed by atoms with Crippen molar-refractivity contribution in [3.05, 3.63) is 45.7 Å². The predicted octanol–water partition coefficient (Wildman–Crippen LogP) is 3.32. The zero-order valence-corrected chi connectivity index (χ0v) is 15.4. The van der Waals surface area contributed by atoms with Crippen LogP contribution in [0.25, 0.3) is 0 Å². The van der Waals surface area contributed by atoms with Crippen molar-refractivity contribution < 1.29 is 4.79 Å². The Kier molecular flexibility index (Phi) is 4.81. The van der Waals surface area contributed by atoms with Crippen molar-refractivity contribution in [1.29, 1.82) is 0 Å². The van der Waals surface area contributed by atoms with Gasteiger partial charge in [-0.2, -0.15) is 0 Å². The first kappa shape index (κ1) is 16.7. The number of carbonyl (C=O) groups is 1. The molecule has 4 rings (SSSR count). The second kappa shape index (κ2) is 7.22. The number of hydrogen-bond donors (Lipinski definition) is 1. The summed E-state index contributed by atoms with van der Waals surface area (Å²) in [6, 6.07) is 4.08. The largest absolute Gasteiger partial charge is 0.343 e. The molecule has 0 unspecified atom stereocenters. The SMILES string of the molecule is Cc1ccnc([C@@H](NC(=O)c2cnc(CN3CCCC3)s2)C2CC2)c1. The smallest absolute Gasteiger partial charge is 0.263 e. The molecule has 25 heavy (non-hydrogen) atoms. The number of pyridine rings is 1. The van der Waals surface area contributed by atoms with Gasteiger partial charge < -0.3 is 5.32 Å². The molecule has 0 bridgehead atoms. The van der Waals surface area contributed by atoms with Crippen molar-refractivity contribution in [2.75, 3.05) is 13.1 Å². The highest BCUT2D eigenvalue weighted by molar-refractivity contribution is 7.13. The molecule has 1 N–H and O–H groups in total. The molecule has 2 fully saturated rings. The van der Waals surface area contributed by atoms with E-state index in [4.69, 9.17) is 0 Å². The zero-order chi connectivity index (χ0) is 17.2. The van der Waals surface area contributed by atoms with Crippen LogP contribution in [0.3, 0.4) is 0 Å². The number of thiazole rings is 1. The Morgan fingerprint density at radius 3 is 2.88 bits per heavy atom. The van der Waals surface area contributed by atoms with Gasteiger partial charge >= 0.3 is 0 Å². The number of nitrogens with one attached hydrogen (secondary N) is 1. The number of nitrogens with zero attached hydrogens (tertiary/aromatic N) is 3. The molecule has 1 saturated heterocycles. The Balaban J connectivity index is 1.44. The van der Waals surface area contributed by atoms with E-state index in [1.54, 1.807) is 6.20 Å². The summed E-state index contributed by atoms with van der Waals surface area (Å²) in [5, 5.41) is 4.23. The summed E-state index contributed by atoms with van der Waals surface area (Å²) in [7, 11) is 0. The summed E-state index contributed by atoms with van der Waals surface area (Å²) in [5.41, 5.74) is 2.15. The summed E-state index contributed by atoms with van der Waals surface area (Å²) in [4.78, 5) is 24.8. The average Bonchev–Trinajstić information content (AvgIpc) is 3.11. The molecule has 0 aromatic carbocycles. The van der Waals surface area contributed by atoms with Gasteiger partial charge in [0.2, 0.25) is 0 Å². The summed E-state index contributed by atoms with van der Waals surface area (Å²) < 4.78 is 0. The second-order valence-electron chi connectivity index (χ2n) is 7.15. The maximum atomic E-state index is 12.7. The van der Waals surface area contributed by atoms with Crippen molar-refractivity contribution in [2.45, 2.75) is 45.2 Å². The minimum atomic E-state index is -0.0228. The lowest BCUT2D eigenvalue weighted by atomic mass is 10.1. The third-order valence-electron chi connectivity index (χ3n) is 4.97. The predicted molar refractivity (Wildman–Crippen MR) is 98.5 cm³/mol. The average molecular weight is 356 g/mol. The molecule has 1 aliphatic carbocycles. The molecule has 6 heteroatoms. The van der Waals surface area contributed by atoms with Crippen molar-refractivity contribution in [3.8, 4) is 0 Å². The lowest BCUT2D eigenvalue weighted by Crippen LogP contribution is -2.30.